The minimum atomic E-state index is -1.04. The van der Waals surface area contributed by atoms with Crippen LogP contribution < -0.4 is 10.6 Å². The summed E-state index contributed by atoms with van der Waals surface area (Å²) >= 11 is 0. The summed E-state index contributed by atoms with van der Waals surface area (Å²) in [6.07, 6.45) is -0.155. The molecule has 41 heavy (non-hydrogen) atoms. The van der Waals surface area contributed by atoms with Crippen molar-refractivity contribution >= 4 is 12.0 Å². The van der Waals surface area contributed by atoms with Crippen molar-refractivity contribution < 1.29 is 24.5 Å². The van der Waals surface area contributed by atoms with Crippen LogP contribution in [0.25, 0.3) is 0 Å². The molecule has 0 unspecified atom stereocenters. The second-order valence-electron chi connectivity index (χ2n) is 11.9. The summed E-state index contributed by atoms with van der Waals surface area (Å²) in [4.78, 5) is 26.6. The van der Waals surface area contributed by atoms with Crippen LogP contribution in [0.15, 0.2) is 84.9 Å². The summed E-state index contributed by atoms with van der Waals surface area (Å²) in [6.45, 7) is 5.35. The molecule has 0 aliphatic heterocycles. The lowest BCUT2D eigenvalue weighted by molar-refractivity contribution is -0.128. The third kappa shape index (κ3) is 8.90. The van der Waals surface area contributed by atoms with Crippen LogP contribution in [0.2, 0.25) is 0 Å². The Kier molecular flexibility index (Phi) is 10.2. The Labute approximate surface area is 243 Å². The number of benzene rings is 3. The number of amides is 2. The van der Waals surface area contributed by atoms with Crippen molar-refractivity contribution in [2.75, 3.05) is 0 Å². The third-order valence-corrected chi connectivity index (χ3v) is 7.47. The summed E-state index contributed by atoms with van der Waals surface area (Å²) in [5, 5.41) is 28.3. The van der Waals surface area contributed by atoms with Crippen LogP contribution in [0.4, 0.5) is 4.79 Å². The zero-order valence-corrected chi connectivity index (χ0v) is 24.1. The van der Waals surface area contributed by atoms with Crippen LogP contribution in [0, 0.1) is 5.92 Å². The van der Waals surface area contributed by atoms with E-state index in [0.29, 0.717) is 19.3 Å². The van der Waals surface area contributed by atoms with Crippen LogP contribution in [-0.4, -0.2) is 46.1 Å². The van der Waals surface area contributed by atoms with Crippen molar-refractivity contribution in [1.82, 2.24) is 10.6 Å². The van der Waals surface area contributed by atoms with Gasteiger partial charge in [-0.3, -0.25) is 4.79 Å². The molecule has 1 aliphatic rings. The van der Waals surface area contributed by atoms with E-state index in [1.807, 2.05) is 84.9 Å². The first-order valence-electron chi connectivity index (χ1n) is 14.4. The van der Waals surface area contributed by atoms with E-state index >= 15 is 0 Å². The van der Waals surface area contributed by atoms with Crippen LogP contribution in [0.1, 0.15) is 61.9 Å². The van der Waals surface area contributed by atoms with Gasteiger partial charge in [0.15, 0.2) is 0 Å². The van der Waals surface area contributed by atoms with E-state index < -0.39 is 41.9 Å². The number of alkyl carbamates (subject to hydrolysis) is 1. The SMILES string of the molecule is CC(C)(C)OC(=O)N[C@@H](Cc1ccccc1)[C@@H](O)C[C@@H](Cc1ccccc1)C(=O)N[C@H]1c2ccccc2CC[C@H]1O. The van der Waals surface area contributed by atoms with Gasteiger partial charge in [0.25, 0.3) is 0 Å². The van der Waals surface area contributed by atoms with Crippen molar-refractivity contribution in [1.29, 1.82) is 0 Å². The molecule has 0 spiro atoms. The predicted molar refractivity (Wildman–Crippen MR) is 159 cm³/mol. The van der Waals surface area contributed by atoms with Crippen molar-refractivity contribution in [3.63, 3.8) is 0 Å². The van der Waals surface area contributed by atoms with Crippen LogP contribution >= 0.6 is 0 Å². The Morgan fingerprint density at radius 1 is 0.902 bits per heavy atom. The van der Waals surface area contributed by atoms with Crippen molar-refractivity contribution in [3.05, 3.63) is 107 Å². The predicted octanol–water partition coefficient (Wildman–Crippen LogP) is 4.90. The molecule has 3 aromatic carbocycles. The molecule has 4 rings (SSSR count). The molecule has 3 aromatic rings. The van der Waals surface area contributed by atoms with Crippen LogP contribution in [0.3, 0.4) is 0 Å². The fourth-order valence-electron chi connectivity index (χ4n) is 5.44. The molecule has 4 N–H and O–H groups in total. The van der Waals surface area contributed by atoms with Gasteiger partial charge in [0, 0.05) is 5.92 Å². The minimum absolute atomic E-state index is 0.110. The van der Waals surface area contributed by atoms with Gasteiger partial charge in [-0.25, -0.2) is 4.79 Å². The number of rotatable bonds is 10. The van der Waals surface area contributed by atoms with E-state index in [4.69, 9.17) is 4.74 Å². The largest absolute Gasteiger partial charge is 0.444 e. The lowest BCUT2D eigenvalue weighted by Crippen LogP contribution is -2.49. The first-order chi connectivity index (χ1) is 19.6. The van der Waals surface area contributed by atoms with Crippen LogP contribution in [0.5, 0.6) is 0 Å². The minimum Gasteiger partial charge on any atom is -0.444 e. The van der Waals surface area contributed by atoms with Gasteiger partial charge in [0.1, 0.15) is 5.60 Å². The Balaban J connectivity index is 1.56. The molecular formula is C34H42N2O5. The first kappa shape index (κ1) is 30.3. The second-order valence-corrected chi connectivity index (χ2v) is 11.9. The molecule has 0 saturated carbocycles. The Bertz CT molecular complexity index is 1280. The normalized spacial score (nSPS) is 18.9. The molecule has 0 saturated heterocycles. The lowest BCUT2D eigenvalue weighted by atomic mass is 9.84. The van der Waals surface area contributed by atoms with E-state index in [0.717, 1.165) is 28.7 Å². The van der Waals surface area contributed by atoms with E-state index in [1.165, 1.54) is 0 Å². The average molecular weight is 559 g/mol. The number of carbonyl (C=O) groups is 2. The summed E-state index contributed by atoms with van der Waals surface area (Å²) in [6, 6.07) is 25.9. The molecule has 2 amide bonds. The van der Waals surface area contributed by atoms with Crippen molar-refractivity contribution in [3.8, 4) is 0 Å². The quantitative estimate of drug-likeness (QED) is 0.283. The van der Waals surface area contributed by atoms with Gasteiger partial charge in [-0.2, -0.15) is 0 Å². The highest BCUT2D eigenvalue weighted by Gasteiger charge is 2.34. The van der Waals surface area contributed by atoms with Gasteiger partial charge < -0.3 is 25.6 Å². The number of ether oxygens (including phenoxy) is 1. The number of aryl methyl sites for hydroxylation is 1. The van der Waals surface area contributed by atoms with Crippen LogP contribution in [-0.2, 0) is 28.8 Å². The molecule has 7 nitrogen and oxygen atoms in total. The summed E-state index contributed by atoms with van der Waals surface area (Å²) in [5.74, 6) is -0.850. The van der Waals surface area contributed by atoms with E-state index in [1.54, 1.807) is 20.8 Å². The molecular weight excluding hydrogens is 516 g/mol. The molecule has 1 aliphatic carbocycles. The number of carbonyl (C=O) groups excluding carboxylic acids is 2. The maximum absolute atomic E-state index is 13.9. The Morgan fingerprint density at radius 3 is 2.12 bits per heavy atom. The van der Waals surface area contributed by atoms with E-state index in [2.05, 4.69) is 10.6 Å². The first-order valence-corrected chi connectivity index (χ1v) is 14.4. The molecule has 5 atom stereocenters. The van der Waals surface area contributed by atoms with Gasteiger partial charge in [-0.15, -0.1) is 0 Å². The van der Waals surface area contributed by atoms with E-state index in [9.17, 15) is 19.8 Å². The highest BCUT2D eigenvalue weighted by Crippen LogP contribution is 2.31. The standard InChI is InChI=1S/C34H42N2O5/c1-34(2,3)41-33(40)35-28(21-24-14-8-5-9-15-24)30(38)22-26(20-23-12-6-4-7-13-23)32(39)36-31-27-17-11-10-16-25(27)18-19-29(31)37/h4-17,26,28-31,37-38H,18-22H2,1-3H3,(H,35,40)(H,36,39)/t26-,28+,29-,30+,31+/m1/s1. The summed E-state index contributed by atoms with van der Waals surface area (Å²) in [7, 11) is 0. The fourth-order valence-corrected chi connectivity index (χ4v) is 5.44. The number of nitrogens with one attached hydrogen (secondary N) is 2. The topological polar surface area (TPSA) is 108 Å². The van der Waals surface area contributed by atoms with Crippen molar-refractivity contribution in [2.45, 2.75) is 82.8 Å². The number of hydrogen-bond acceptors (Lipinski definition) is 5. The Hall–Kier alpha value is -3.68. The molecule has 0 bridgehead atoms. The Morgan fingerprint density at radius 2 is 1.49 bits per heavy atom. The number of aliphatic hydroxyl groups is 2. The zero-order chi connectivity index (χ0) is 29.4. The maximum atomic E-state index is 13.9. The highest BCUT2D eigenvalue weighted by molar-refractivity contribution is 5.79. The maximum Gasteiger partial charge on any atom is 0.407 e. The lowest BCUT2D eigenvalue weighted by Gasteiger charge is -2.33. The fraction of sp³-hybridized carbons (Fsp3) is 0.412. The molecule has 0 aromatic heterocycles. The second kappa shape index (κ2) is 13.8. The molecule has 0 radical (unpaired) electrons. The number of aliphatic hydroxyl groups excluding tert-OH is 2. The smallest absolute Gasteiger partial charge is 0.407 e. The van der Waals surface area contributed by atoms with E-state index in [-0.39, 0.29) is 12.3 Å². The highest BCUT2D eigenvalue weighted by atomic mass is 16.6. The van der Waals surface area contributed by atoms with Gasteiger partial charge in [0.05, 0.1) is 24.3 Å². The van der Waals surface area contributed by atoms with Crippen molar-refractivity contribution in [2.24, 2.45) is 5.92 Å². The zero-order valence-electron chi connectivity index (χ0n) is 24.1. The van der Waals surface area contributed by atoms with Gasteiger partial charge >= 0.3 is 6.09 Å². The average Bonchev–Trinajstić information content (AvgIpc) is 2.94. The monoisotopic (exact) mass is 558 g/mol. The third-order valence-electron chi connectivity index (χ3n) is 7.47. The summed E-state index contributed by atoms with van der Waals surface area (Å²) in [5.41, 5.74) is 3.25. The number of fused-ring (bicyclic) bond motifs is 1. The molecule has 7 heteroatoms. The molecule has 0 heterocycles. The van der Waals surface area contributed by atoms with Gasteiger partial charge in [-0.05, 0) is 75.1 Å². The van der Waals surface area contributed by atoms with Gasteiger partial charge in [0.2, 0.25) is 5.91 Å². The number of hydrogen-bond donors (Lipinski definition) is 4. The summed E-state index contributed by atoms with van der Waals surface area (Å²) < 4.78 is 5.48. The molecule has 218 valence electrons. The molecule has 0 fully saturated rings. The van der Waals surface area contributed by atoms with Gasteiger partial charge in [-0.1, -0.05) is 84.9 Å².